The first-order chi connectivity index (χ1) is 10.2. The van der Waals surface area contributed by atoms with Crippen LogP contribution >= 0.6 is 11.6 Å². The van der Waals surface area contributed by atoms with Crippen LogP contribution in [0.2, 0.25) is 0 Å². The fourth-order valence-electron chi connectivity index (χ4n) is 1.74. The highest BCUT2D eigenvalue weighted by atomic mass is 35.5. The van der Waals surface area contributed by atoms with Gasteiger partial charge in [0.1, 0.15) is 11.8 Å². The van der Waals surface area contributed by atoms with Gasteiger partial charge in [-0.25, -0.2) is 4.79 Å². The number of amides is 1. The van der Waals surface area contributed by atoms with Gasteiger partial charge in [0.05, 0.1) is 5.38 Å². The van der Waals surface area contributed by atoms with E-state index < -0.39 is 39.2 Å². The first-order valence-corrected chi connectivity index (χ1v) is 8.40. The lowest BCUT2D eigenvalue weighted by atomic mass is 10.1. The van der Waals surface area contributed by atoms with E-state index in [4.69, 9.17) is 21.3 Å². The molecule has 3 N–H and O–H groups in total. The quantitative estimate of drug-likeness (QED) is 0.479. The van der Waals surface area contributed by atoms with Crippen molar-refractivity contribution in [3.63, 3.8) is 0 Å². The van der Waals surface area contributed by atoms with Crippen molar-refractivity contribution in [1.29, 1.82) is 0 Å². The summed E-state index contributed by atoms with van der Waals surface area (Å²) in [6.07, 6.45) is 0.188. The number of nitrogens with one attached hydrogen (secondary N) is 1. The van der Waals surface area contributed by atoms with Crippen molar-refractivity contribution in [3.05, 3.63) is 35.9 Å². The Kier molecular flexibility index (Phi) is 6.79. The van der Waals surface area contributed by atoms with Crippen LogP contribution in [0.25, 0.3) is 0 Å². The molecule has 0 aromatic heterocycles. The van der Waals surface area contributed by atoms with E-state index in [0.717, 1.165) is 5.56 Å². The second-order valence-electron chi connectivity index (χ2n) is 4.62. The fraction of sp³-hybridized carbons (Fsp3) is 0.385. The third kappa shape index (κ3) is 6.88. The molecule has 2 atom stereocenters. The Bertz CT molecular complexity index is 619. The van der Waals surface area contributed by atoms with E-state index in [9.17, 15) is 18.0 Å². The monoisotopic (exact) mass is 349 g/mol. The van der Waals surface area contributed by atoms with Crippen LogP contribution in [-0.4, -0.2) is 41.7 Å². The number of rotatable bonds is 8. The number of hydrogen-bond acceptors (Lipinski definition) is 4. The van der Waals surface area contributed by atoms with Crippen molar-refractivity contribution >= 4 is 33.6 Å². The van der Waals surface area contributed by atoms with Crippen LogP contribution < -0.4 is 5.32 Å². The maximum atomic E-state index is 11.7. The number of carboxylic acid groups (broad SMARTS) is 1. The molecule has 1 amide bonds. The molecule has 1 rings (SSSR count). The van der Waals surface area contributed by atoms with Gasteiger partial charge in [0.2, 0.25) is 5.91 Å². The molecule has 0 spiro atoms. The number of halogens is 1. The molecule has 0 heterocycles. The number of hydrogen-bond donors (Lipinski definition) is 3. The highest BCUT2D eigenvalue weighted by Crippen LogP contribution is 2.24. The fourth-order valence-corrected chi connectivity index (χ4v) is 2.64. The van der Waals surface area contributed by atoms with Crippen molar-refractivity contribution < 1.29 is 27.7 Å². The molecule has 9 heteroatoms. The summed E-state index contributed by atoms with van der Waals surface area (Å²) >= 11 is 6.12. The topological polar surface area (TPSA) is 121 Å². The molecule has 1 aromatic carbocycles. The Balaban J connectivity index is 2.52. The third-order valence-corrected chi connectivity index (χ3v) is 4.02. The zero-order chi connectivity index (χ0) is 16.8. The summed E-state index contributed by atoms with van der Waals surface area (Å²) in [5.41, 5.74) is 0.824. The molecule has 0 aliphatic heterocycles. The number of carboxylic acids is 1. The summed E-state index contributed by atoms with van der Waals surface area (Å²) in [4.78, 5) is 22.5. The van der Waals surface area contributed by atoms with Crippen LogP contribution in [0.5, 0.6) is 0 Å². The van der Waals surface area contributed by atoms with Gasteiger partial charge in [-0.15, -0.1) is 11.6 Å². The summed E-state index contributed by atoms with van der Waals surface area (Å²) in [5.74, 6) is -3.29. The van der Waals surface area contributed by atoms with E-state index in [-0.39, 0.29) is 12.8 Å². The van der Waals surface area contributed by atoms with Gasteiger partial charge >= 0.3 is 5.97 Å². The van der Waals surface area contributed by atoms with Gasteiger partial charge in [-0.2, -0.15) is 8.42 Å². The van der Waals surface area contributed by atoms with Gasteiger partial charge in [-0.3, -0.25) is 9.35 Å². The molecule has 1 aromatic rings. The van der Waals surface area contributed by atoms with Gasteiger partial charge in [0.15, 0.2) is 0 Å². The average Bonchev–Trinajstić information content (AvgIpc) is 2.43. The predicted octanol–water partition coefficient (Wildman–Crippen LogP) is 1.20. The van der Waals surface area contributed by atoms with Crippen LogP contribution in [0.3, 0.4) is 0 Å². The molecule has 0 aliphatic carbocycles. The van der Waals surface area contributed by atoms with E-state index >= 15 is 0 Å². The van der Waals surface area contributed by atoms with Crippen LogP contribution in [0.15, 0.2) is 30.3 Å². The second-order valence-corrected chi connectivity index (χ2v) is 6.65. The SMILES string of the molecule is O=C(CCC(Cl)c1ccccc1)N[C@@H](CS(=O)(=O)O)C(=O)O. The van der Waals surface area contributed by atoms with Crippen LogP contribution in [0.4, 0.5) is 0 Å². The standard InChI is InChI=1S/C13H16ClNO6S/c14-10(9-4-2-1-3-5-9)6-7-12(16)15-11(13(17)18)8-22(19,20)21/h1-5,10-11H,6-8H2,(H,15,16)(H,17,18)(H,19,20,21)/t10?,11-/m0/s1. The highest BCUT2D eigenvalue weighted by molar-refractivity contribution is 7.85. The number of alkyl halides is 1. The first-order valence-electron chi connectivity index (χ1n) is 6.35. The molecule has 122 valence electrons. The van der Waals surface area contributed by atoms with E-state index in [1.54, 1.807) is 24.3 Å². The molecule has 0 aliphatic rings. The molecule has 0 saturated heterocycles. The molecule has 7 nitrogen and oxygen atoms in total. The number of carbonyl (C=O) groups is 2. The van der Waals surface area contributed by atoms with Gasteiger partial charge in [-0.1, -0.05) is 30.3 Å². The molecule has 22 heavy (non-hydrogen) atoms. The lowest BCUT2D eigenvalue weighted by molar-refractivity contribution is -0.141. The Morgan fingerprint density at radius 3 is 2.32 bits per heavy atom. The maximum Gasteiger partial charge on any atom is 0.327 e. The molecule has 0 bridgehead atoms. The molecule has 0 fully saturated rings. The zero-order valence-electron chi connectivity index (χ0n) is 11.5. The van der Waals surface area contributed by atoms with Crippen molar-refractivity contribution in [2.75, 3.05) is 5.75 Å². The van der Waals surface area contributed by atoms with Gasteiger partial charge < -0.3 is 10.4 Å². The minimum atomic E-state index is -4.51. The summed E-state index contributed by atoms with van der Waals surface area (Å²) in [6.45, 7) is 0. The molecule has 0 saturated carbocycles. The highest BCUT2D eigenvalue weighted by Gasteiger charge is 2.25. The van der Waals surface area contributed by atoms with E-state index in [1.165, 1.54) is 0 Å². The number of aliphatic carboxylic acids is 1. The Morgan fingerprint density at radius 1 is 1.23 bits per heavy atom. The molecule has 0 radical (unpaired) electrons. The van der Waals surface area contributed by atoms with Crippen molar-refractivity contribution in [3.8, 4) is 0 Å². The number of benzene rings is 1. The summed E-state index contributed by atoms with van der Waals surface area (Å²) in [6, 6.07) is 7.33. The summed E-state index contributed by atoms with van der Waals surface area (Å²) in [7, 11) is -4.51. The van der Waals surface area contributed by atoms with Crippen molar-refractivity contribution in [1.82, 2.24) is 5.32 Å². The summed E-state index contributed by atoms with van der Waals surface area (Å²) < 4.78 is 30.1. The van der Waals surface area contributed by atoms with Gasteiger partial charge in [-0.05, 0) is 12.0 Å². The maximum absolute atomic E-state index is 11.7. The largest absolute Gasteiger partial charge is 0.480 e. The minimum Gasteiger partial charge on any atom is -0.480 e. The van der Waals surface area contributed by atoms with Crippen LogP contribution in [-0.2, 0) is 19.7 Å². The third-order valence-electron chi connectivity index (χ3n) is 2.80. The first kappa shape index (κ1) is 18.4. The van der Waals surface area contributed by atoms with Crippen LogP contribution in [0.1, 0.15) is 23.8 Å². The molecular weight excluding hydrogens is 334 g/mol. The average molecular weight is 350 g/mol. The summed E-state index contributed by atoms with van der Waals surface area (Å²) in [5, 5.41) is 10.4. The second kappa shape index (κ2) is 8.11. The lowest BCUT2D eigenvalue weighted by Crippen LogP contribution is -2.45. The van der Waals surface area contributed by atoms with Crippen molar-refractivity contribution in [2.45, 2.75) is 24.3 Å². The molecular formula is C13H16ClNO6S. The zero-order valence-corrected chi connectivity index (χ0v) is 13.0. The molecule has 1 unspecified atom stereocenters. The van der Waals surface area contributed by atoms with E-state index in [0.29, 0.717) is 0 Å². The normalized spacial score (nSPS) is 14.1. The smallest absolute Gasteiger partial charge is 0.327 e. The van der Waals surface area contributed by atoms with E-state index in [1.807, 2.05) is 11.4 Å². The Labute approximate surface area is 133 Å². The Morgan fingerprint density at radius 2 is 1.82 bits per heavy atom. The van der Waals surface area contributed by atoms with Gasteiger partial charge in [0.25, 0.3) is 10.1 Å². The number of carbonyl (C=O) groups excluding carboxylic acids is 1. The predicted molar refractivity (Wildman–Crippen MR) is 80.3 cm³/mol. The van der Waals surface area contributed by atoms with Crippen LogP contribution in [0, 0.1) is 0 Å². The van der Waals surface area contributed by atoms with Gasteiger partial charge in [0, 0.05) is 6.42 Å². The lowest BCUT2D eigenvalue weighted by Gasteiger charge is -2.14. The van der Waals surface area contributed by atoms with E-state index in [2.05, 4.69) is 0 Å². The minimum absolute atomic E-state index is 0.0711. The van der Waals surface area contributed by atoms with Crippen molar-refractivity contribution in [2.24, 2.45) is 0 Å². The Hall–Kier alpha value is -1.64.